The third kappa shape index (κ3) is 1.77. The second-order valence-corrected chi connectivity index (χ2v) is 5.29. The van der Waals surface area contributed by atoms with E-state index in [1.165, 1.54) is 41.9 Å². The van der Waals surface area contributed by atoms with Crippen molar-refractivity contribution >= 4 is 18.1 Å². The molecule has 0 saturated carbocycles. The molecular formula is C16H17N3. The summed E-state index contributed by atoms with van der Waals surface area (Å²) in [4.78, 5) is 10.2. The predicted molar refractivity (Wildman–Crippen MR) is 77.2 cm³/mol. The first kappa shape index (κ1) is 10.9. The highest BCUT2D eigenvalue weighted by Gasteiger charge is 2.16. The molecular weight excluding hydrogens is 234 g/mol. The van der Waals surface area contributed by atoms with E-state index >= 15 is 0 Å². The normalized spacial score (nSPS) is 17.2. The first-order chi connectivity index (χ1) is 9.42. The Morgan fingerprint density at radius 3 is 3.00 bits per heavy atom. The van der Waals surface area contributed by atoms with E-state index in [9.17, 15) is 0 Å². The lowest BCUT2D eigenvalue weighted by molar-refractivity contribution is 0.675. The van der Waals surface area contributed by atoms with Crippen molar-refractivity contribution in [1.82, 2.24) is 9.97 Å². The van der Waals surface area contributed by atoms with Crippen molar-refractivity contribution in [3.8, 4) is 0 Å². The zero-order valence-corrected chi connectivity index (χ0v) is 10.9. The fourth-order valence-corrected chi connectivity index (χ4v) is 3.15. The van der Waals surface area contributed by atoms with Crippen molar-refractivity contribution in [3.63, 3.8) is 0 Å². The van der Waals surface area contributed by atoms with Crippen LogP contribution in [0.2, 0.25) is 0 Å². The smallest absolute Gasteiger partial charge is 0.132 e. The number of nitrogens with one attached hydrogen (secondary N) is 1. The Kier molecular flexibility index (Phi) is 2.44. The van der Waals surface area contributed by atoms with Crippen LogP contribution in [0.4, 0.5) is 5.82 Å². The molecule has 4 rings (SSSR count). The van der Waals surface area contributed by atoms with E-state index in [0.29, 0.717) is 0 Å². The Morgan fingerprint density at radius 1 is 1.16 bits per heavy atom. The molecule has 0 radical (unpaired) electrons. The second-order valence-electron chi connectivity index (χ2n) is 5.29. The van der Waals surface area contributed by atoms with E-state index in [4.69, 9.17) is 0 Å². The van der Waals surface area contributed by atoms with Gasteiger partial charge in [-0.2, -0.15) is 0 Å². The number of pyridine rings is 1. The summed E-state index contributed by atoms with van der Waals surface area (Å²) in [5.74, 6) is 1.01. The second kappa shape index (κ2) is 4.26. The predicted octanol–water partition coefficient (Wildman–Crippen LogP) is 1.33. The molecule has 1 aliphatic carbocycles. The minimum absolute atomic E-state index is 0.911. The van der Waals surface area contributed by atoms with Gasteiger partial charge in [-0.3, -0.25) is 0 Å². The molecule has 0 fully saturated rings. The lowest BCUT2D eigenvalue weighted by Gasteiger charge is -2.19. The van der Waals surface area contributed by atoms with Gasteiger partial charge >= 0.3 is 0 Å². The molecule has 0 spiro atoms. The number of nitrogens with zero attached hydrogens (tertiary/aromatic N) is 2. The summed E-state index contributed by atoms with van der Waals surface area (Å²) in [6.07, 6.45) is 11.5. The highest BCUT2D eigenvalue weighted by atomic mass is 15.2. The monoisotopic (exact) mass is 251 g/mol. The molecule has 0 unspecified atom stereocenters. The third-order valence-electron chi connectivity index (χ3n) is 4.09. The van der Waals surface area contributed by atoms with Gasteiger partial charge in [0.05, 0.1) is 5.35 Å². The number of fused-ring (bicyclic) bond motifs is 3. The first-order valence-electron chi connectivity index (χ1n) is 7.01. The minimum Gasteiger partial charge on any atom is -0.357 e. The van der Waals surface area contributed by atoms with E-state index in [1.807, 2.05) is 18.3 Å². The highest BCUT2D eigenvalue weighted by Crippen LogP contribution is 2.16. The molecule has 96 valence electrons. The molecule has 3 heterocycles. The summed E-state index contributed by atoms with van der Waals surface area (Å²) < 4.78 is 0. The Labute approximate surface area is 112 Å². The molecule has 0 atom stereocenters. The summed E-state index contributed by atoms with van der Waals surface area (Å²) >= 11 is 0. The SMILES string of the molecule is C1=c2[nH]c3c(c2=CCN1c1ccccn1)CCCC3. The van der Waals surface area contributed by atoms with Crippen LogP contribution in [-0.2, 0) is 12.8 Å². The van der Waals surface area contributed by atoms with Gasteiger partial charge < -0.3 is 9.88 Å². The Hall–Kier alpha value is -2.03. The van der Waals surface area contributed by atoms with Crippen LogP contribution in [0.3, 0.4) is 0 Å². The van der Waals surface area contributed by atoms with Gasteiger partial charge in [-0.1, -0.05) is 12.1 Å². The van der Waals surface area contributed by atoms with Crippen LogP contribution in [0.15, 0.2) is 24.4 Å². The van der Waals surface area contributed by atoms with Crippen LogP contribution >= 0.6 is 0 Å². The fraction of sp³-hybridized carbons (Fsp3) is 0.312. The number of anilines is 1. The Balaban J connectivity index is 1.81. The van der Waals surface area contributed by atoms with E-state index in [1.54, 1.807) is 5.56 Å². The van der Waals surface area contributed by atoms with Crippen LogP contribution in [0.25, 0.3) is 12.3 Å². The maximum atomic E-state index is 4.42. The molecule has 3 nitrogen and oxygen atoms in total. The summed E-state index contributed by atoms with van der Waals surface area (Å²) in [5, 5.41) is 2.69. The van der Waals surface area contributed by atoms with Gasteiger partial charge in [0, 0.05) is 29.9 Å². The van der Waals surface area contributed by atoms with Gasteiger partial charge in [-0.15, -0.1) is 0 Å². The molecule has 0 amide bonds. The van der Waals surface area contributed by atoms with Gasteiger partial charge in [0.25, 0.3) is 0 Å². The molecule has 1 aliphatic heterocycles. The van der Waals surface area contributed by atoms with E-state index in [-0.39, 0.29) is 0 Å². The largest absolute Gasteiger partial charge is 0.357 e. The summed E-state index contributed by atoms with van der Waals surface area (Å²) in [7, 11) is 0. The molecule has 0 bridgehead atoms. The Morgan fingerprint density at radius 2 is 2.11 bits per heavy atom. The molecule has 0 aromatic carbocycles. The fourth-order valence-electron chi connectivity index (χ4n) is 3.15. The number of aryl methyl sites for hydroxylation is 1. The van der Waals surface area contributed by atoms with Crippen molar-refractivity contribution in [2.45, 2.75) is 25.7 Å². The number of rotatable bonds is 1. The van der Waals surface area contributed by atoms with E-state index in [2.05, 4.69) is 33.2 Å². The van der Waals surface area contributed by atoms with Crippen molar-refractivity contribution in [2.24, 2.45) is 0 Å². The molecule has 3 heteroatoms. The van der Waals surface area contributed by atoms with Gasteiger partial charge in [0.2, 0.25) is 0 Å². The van der Waals surface area contributed by atoms with Crippen LogP contribution in [0.5, 0.6) is 0 Å². The quantitative estimate of drug-likeness (QED) is 0.829. The molecule has 2 aliphatic rings. The standard InChI is InChI=1S/C16H17N3/c1-2-6-14-12(5-1)13-8-10-19(11-15(13)18-14)16-7-3-4-9-17-16/h3-4,7-9,11,18H,1-2,5-6,10H2. The van der Waals surface area contributed by atoms with Gasteiger partial charge in [0.15, 0.2) is 0 Å². The van der Waals surface area contributed by atoms with Crippen molar-refractivity contribution in [3.05, 3.63) is 46.2 Å². The van der Waals surface area contributed by atoms with Crippen molar-refractivity contribution in [1.29, 1.82) is 0 Å². The average Bonchev–Trinajstić information content (AvgIpc) is 2.86. The number of H-pyrrole nitrogens is 1. The van der Waals surface area contributed by atoms with E-state index < -0.39 is 0 Å². The van der Waals surface area contributed by atoms with Gasteiger partial charge in [0.1, 0.15) is 5.82 Å². The van der Waals surface area contributed by atoms with Crippen LogP contribution in [0.1, 0.15) is 24.1 Å². The minimum atomic E-state index is 0.911. The van der Waals surface area contributed by atoms with Crippen molar-refractivity contribution < 1.29 is 0 Å². The summed E-state index contributed by atoms with van der Waals surface area (Å²) in [6.45, 7) is 0.911. The Bertz CT molecular complexity index is 712. The van der Waals surface area contributed by atoms with Crippen LogP contribution in [-0.4, -0.2) is 16.5 Å². The summed E-state index contributed by atoms with van der Waals surface area (Å²) in [5.41, 5.74) is 3.00. The molecule has 19 heavy (non-hydrogen) atoms. The molecule has 2 aromatic heterocycles. The van der Waals surface area contributed by atoms with E-state index in [0.717, 1.165) is 12.4 Å². The maximum absolute atomic E-state index is 4.42. The number of hydrogen-bond donors (Lipinski definition) is 1. The first-order valence-corrected chi connectivity index (χ1v) is 7.01. The number of hydrogen-bond acceptors (Lipinski definition) is 2. The van der Waals surface area contributed by atoms with Crippen LogP contribution < -0.4 is 15.5 Å². The zero-order chi connectivity index (χ0) is 12.7. The molecule has 1 N–H and O–H groups in total. The van der Waals surface area contributed by atoms with Crippen molar-refractivity contribution in [2.75, 3.05) is 11.4 Å². The summed E-state index contributed by atoms with van der Waals surface area (Å²) in [6, 6.07) is 6.04. The lowest BCUT2D eigenvalue weighted by atomic mass is 9.96. The highest BCUT2D eigenvalue weighted by molar-refractivity contribution is 5.60. The number of aromatic nitrogens is 2. The topological polar surface area (TPSA) is 31.9 Å². The molecule has 0 saturated heterocycles. The third-order valence-corrected chi connectivity index (χ3v) is 4.09. The lowest BCUT2D eigenvalue weighted by Crippen LogP contribution is -2.36. The van der Waals surface area contributed by atoms with Crippen LogP contribution in [0, 0.1) is 0 Å². The maximum Gasteiger partial charge on any atom is 0.132 e. The van der Waals surface area contributed by atoms with Gasteiger partial charge in [-0.25, -0.2) is 4.98 Å². The molecule has 2 aromatic rings. The zero-order valence-electron chi connectivity index (χ0n) is 10.9. The number of aromatic amines is 1. The average molecular weight is 251 g/mol. The van der Waals surface area contributed by atoms with Gasteiger partial charge in [-0.05, 0) is 43.4 Å².